The summed E-state index contributed by atoms with van der Waals surface area (Å²) in [6.45, 7) is 0.426. The molecule has 0 unspecified atom stereocenters. The number of non-ortho nitro benzene ring substituents is 1. The molecule has 0 spiro atoms. The summed E-state index contributed by atoms with van der Waals surface area (Å²) >= 11 is 0. The summed E-state index contributed by atoms with van der Waals surface area (Å²) in [6, 6.07) is 4.19. The lowest BCUT2D eigenvalue weighted by Crippen LogP contribution is -2.24. The van der Waals surface area contributed by atoms with E-state index in [0.29, 0.717) is 12.2 Å². The molecule has 0 aliphatic carbocycles. The predicted molar refractivity (Wildman–Crippen MR) is 80.6 cm³/mol. The molecule has 22 heavy (non-hydrogen) atoms. The van der Waals surface area contributed by atoms with E-state index in [4.69, 9.17) is 0 Å². The summed E-state index contributed by atoms with van der Waals surface area (Å²) < 4.78 is 0. The molecule has 0 fully saturated rings. The number of aromatic nitrogens is 2. The van der Waals surface area contributed by atoms with Crippen molar-refractivity contribution in [2.75, 3.05) is 19.0 Å². The molecule has 8 nitrogen and oxygen atoms in total. The van der Waals surface area contributed by atoms with Crippen LogP contribution in [0.3, 0.4) is 0 Å². The van der Waals surface area contributed by atoms with Gasteiger partial charge in [0.2, 0.25) is 0 Å². The number of rotatable bonds is 5. The number of hydrogen-bond donors (Lipinski definition) is 1. The lowest BCUT2D eigenvalue weighted by atomic mass is 10.1. The zero-order valence-corrected chi connectivity index (χ0v) is 12.2. The molecule has 2 rings (SSSR count). The lowest BCUT2D eigenvalue weighted by molar-refractivity contribution is -0.384. The third-order valence-electron chi connectivity index (χ3n) is 3.09. The average molecular weight is 301 g/mol. The monoisotopic (exact) mass is 301 g/mol. The fourth-order valence-electron chi connectivity index (χ4n) is 2.03. The van der Waals surface area contributed by atoms with Crippen LogP contribution < -0.4 is 10.2 Å². The van der Waals surface area contributed by atoms with Gasteiger partial charge < -0.3 is 10.2 Å². The number of nitrogens with one attached hydrogen (secondary N) is 1. The summed E-state index contributed by atoms with van der Waals surface area (Å²) in [5.74, 6) is -0.385. The van der Waals surface area contributed by atoms with E-state index in [0.717, 1.165) is 5.69 Å². The largest absolute Gasteiger partial charge is 0.368 e. The Bertz CT molecular complexity index is 690. The van der Waals surface area contributed by atoms with Gasteiger partial charge in [-0.1, -0.05) is 0 Å². The van der Waals surface area contributed by atoms with E-state index in [1.54, 1.807) is 36.6 Å². The van der Waals surface area contributed by atoms with Crippen molar-refractivity contribution in [3.8, 4) is 0 Å². The molecule has 114 valence electrons. The van der Waals surface area contributed by atoms with Crippen LogP contribution in [0.5, 0.6) is 0 Å². The molecule has 8 heteroatoms. The van der Waals surface area contributed by atoms with E-state index >= 15 is 0 Å². The Kier molecular flexibility index (Phi) is 4.62. The third-order valence-corrected chi connectivity index (χ3v) is 3.09. The van der Waals surface area contributed by atoms with E-state index in [-0.39, 0.29) is 17.2 Å². The Morgan fingerprint density at radius 3 is 2.77 bits per heavy atom. The van der Waals surface area contributed by atoms with E-state index in [2.05, 4.69) is 15.3 Å². The number of nitro groups is 1. The highest BCUT2D eigenvalue weighted by Gasteiger charge is 2.18. The molecular weight excluding hydrogens is 286 g/mol. The SMILES string of the molecule is CNC(=O)c1cc([N+](=O)[O-])ccc1N(C)Cc1cnccn1. The van der Waals surface area contributed by atoms with Crippen molar-refractivity contribution in [1.29, 1.82) is 0 Å². The maximum absolute atomic E-state index is 12.0. The smallest absolute Gasteiger partial charge is 0.270 e. The quantitative estimate of drug-likeness (QED) is 0.661. The number of hydrogen-bond acceptors (Lipinski definition) is 6. The van der Waals surface area contributed by atoms with Crippen LogP contribution in [0.2, 0.25) is 0 Å². The fourth-order valence-corrected chi connectivity index (χ4v) is 2.03. The molecule has 1 heterocycles. The van der Waals surface area contributed by atoms with Crippen molar-refractivity contribution in [2.45, 2.75) is 6.54 Å². The molecule has 1 aromatic heterocycles. The number of nitrogens with zero attached hydrogens (tertiary/aromatic N) is 4. The number of carbonyl (C=O) groups is 1. The van der Waals surface area contributed by atoms with Crippen molar-refractivity contribution in [1.82, 2.24) is 15.3 Å². The normalized spacial score (nSPS) is 10.1. The summed E-state index contributed by atoms with van der Waals surface area (Å²) in [4.78, 5) is 32.3. The molecule has 0 radical (unpaired) electrons. The molecule has 0 saturated carbocycles. The fraction of sp³-hybridized carbons (Fsp3) is 0.214. The minimum atomic E-state index is -0.529. The highest BCUT2D eigenvalue weighted by atomic mass is 16.6. The molecule has 0 atom stereocenters. The molecular formula is C14H15N5O3. The van der Waals surface area contributed by atoms with Crippen LogP contribution >= 0.6 is 0 Å². The molecule has 0 bridgehead atoms. The van der Waals surface area contributed by atoms with E-state index in [1.807, 2.05) is 0 Å². The first kappa shape index (κ1) is 15.4. The standard InChI is InChI=1S/C14H15N5O3/c1-15-14(20)12-7-11(19(21)22)3-4-13(12)18(2)9-10-8-16-5-6-17-10/h3-8H,9H2,1-2H3,(H,15,20). The summed E-state index contributed by atoms with van der Waals surface area (Å²) in [5, 5.41) is 13.4. The van der Waals surface area contributed by atoms with Gasteiger partial charge in [-0.05, 0) is 6.07 Å². The Balaban J connectivity index is 2.36. The Hall–Kier alpha value is -3.03. The number of nitro benzene ring substituents is 1. The van der Waals surface area contributed by atoms with Crippen molar-refractivity contribution in [3.63, 3.8) is 0 Å². The van der Waals surface area contributed by atoms with Gasteiger partial charge in [-0.2, -0.15) is 0 Å². The second kappa shape index (κ2) is 6.61. The van der Waals surface area contributed by atoms with Crippen molar-refractivity contribution >= 4 is 17.3 Å². The first-order valence-corrected chi connectivity index (χ1v) is 6.49. The van der Waals surface area contributed by atoms with Gasteiger partial charge in [0.15, 0.2) is 0 Å². The number of benzene rings is 1. The van der Waals surface area contributed by atoms with Crippen LogP contribution in [0.1, 0.15) is 16.1 Å². The Labute approximate surface area is 127 Å². The highest BCUT2D eigenvalue weighted by Crippen LogP contribution is 2.25. The predicted octanol–water partition coefficient (Wildman–Crippen LogP) is 1.38. The molecule has 0 saturated heterocycles. The van der Waals surface area contributed by atoms with Crippen LogP contribution in [0, 0.1) is 10.1 Å². The first-order chi connectivity index (χ1) is 10.5. The van der Waals surface area contributed by atoms with Gasteiger partial charge in [0, 0.05) is 38.6 Å². The highest BCUT2D eigenvalue weighted by molar-refractivity contribution is 6.00. The van der Waals surface area contributed by atoms with Gasteiger partial charge in [-0.15, -0.1) is 0 Å². The first-order valence-electron chi connectivity index (χ1n) is 6.49. The van der Waals surface area contributed by atoms with E-state index in [9.17, 15) is 14.9 Å². The van der Waals surface area contributed by atoms with Crippen LogP contribution in [0.15, 0.2) is 36.8 Å². The van der Waals surface area contributed by atoms with Gasteiger partial charge in [0.1, 0.15) is 0 Å². The molecule has 1 amide bonds. The molecule has 1 aromatic carbocycles. The van der Waals surface area contributed by atoms with Gasteiger partial charge in [0.25, 0.3) is 11.6 Å². The second-order valence-electron chi connectivity index (χ2n) is 4.59. The van der Waals surface area contributed by atoms with Crippen molar-refractivity contribution in [3.05, 3.63) is 58.2 Å². The van der Waals surface area contributed by atoms with Crippen LogP contribution in [-0.2, 0) is 6.54 Å². The third kappa shape index (κ3) is 3.35. The lowest BCUT2D eigenvalue weighted by Gasteiger charge is -2.21. The van der Waals surface area contributed by atoms with Crippen LogP contribution in [-0.4, -0.2) is 34.9 Å². The van der Waals surface area contributed by atoms with Crippen LogP contribution in [0.4, 0.5) is 11.4 Å². The van der Waals surface area contributed by atoms with Gasteiger partial charge in [-0.3, -0.25) is 24.9 Å². The zero-order chi connectivity index (χ0) is 16.1. The minimum Gasteiger partial charge on any atom is -0.368 e. The van der Waals surface area contributed by atoms with Gasteiger partial charge in [-0.25, -0.2) is 0 Å². The number of anilines is 1. The molecule has 2 aromatic rings. The van der Waals surface area contributed by atoms with E-state index < -0.39 is 4.92 Å². The van der Waals surface area contributed by atoms with Crippen molar-refractivity contribution < 1.29 is 9.72 Å². The minimum absolute atomic E-state index is 0.129. The van der Waals surface area contributed by atoms with Crippen LogP contribution in [0.25, 0.3) is 0 Å². The van der Waals surface area contributed by atoms with E-state index in [1.165, 1.54) is 19.2 Å². The zero-order valence-electron chi connectivity index (χ0n) is 12.2. The molecule has 0 aliphatic heterocycles. The van der Waals surface area contributed by atoms with Gasteiger partial charge in [0.05, 0.1) is 34.6 Å². The molecule has 0 aliphatic rings. The maximum Gasteiger partial charge on any atom is 0.270 e. The molecule has 1 N–H and O–H groups in total. The average Bonchev–Trinajstić information content (AvgIpc) is 2.54. The summed E-state index contributed by atoms with van der Waals surface area (Å²) in [5.41, 5.74) is 1.42. The van der Waals surface area contributed by atoms with Gasteiger partial charge >= 0.3 is 0 Å². The second-order valence-corrected chi connectivity index (χ2v) is 4.59. The summed E-state index contributed by atoms with van der Waals surface area (Å²) in [7, 11) is 3.26. The Morgan fingerprint density at radius 2 is 2.18 bits per heavy atom. The topological polar surface area (TPSA) is 101 Å². The number of amides is 1. The maximum atomic E-state index is 12.0. The number of carbonyl (C=O) groups excluding carboxylic acids is 1. The summed E-state index contributed by atoms with van der Waals surface area (Å²) in [6.07, 6.45) is 4.78. The van der Waals surface area contributed by atoms with Crippen molar-refractivity contribution in [2.24, 2.45) is 0 Å². The Morgan fingerprint density at radius 1 is 1.41 bits per heavy atom.